The molecule has 19 heavy (non-hydrogen) atoms. The first-order valence-electron chi connectivity index (χ1n) is 6.84. The SMILES string of the molecule is Cc1cc(C)n(-c2cncc(NC3CCCC3)n2)n1. The summed E-state index contributed by atoms with van der Waals surface area (Å²) in [6, 6.07) is 2.59. The zero-order valence-corrected chi connectivity index (χ0v) is 11.4. The number of hydrogen-bond donors (Lipinski definition) is 1. The Kier molecular flexibility index (Phi) is 3.19. The van der Waals surface area contributed by atoms with E-state index in [0.717, 1.165) is 23.0 Å². The molecule has 3 rings (SSSR count). The van der Waals surface area contributed by atoms with Gasteiger partial charge in [0.25, 0.3) is 0 Å². The molecule has 1 aliphatic carbocycles. The molecule has 0 aromatic carbocycles. The van der Waals surface area contributed by atoms with Gasteiger partial charge < -0.3 is 5.32 Å². The molecular weight excluding hydrogens is 238 g/mol. The molecule has 1 fully saturated rings. The van der Waals surface area contributed by atoms with E-state index in [1.807, 2.05) is 24.6 Å². The van der Waals surface area contributed by atoms with Crippen molar-refractivity contribution in [1.29, 1.82) is 0 Å². The van der Waals surface area contributed by atoms with Gasteiger partial charge in [-0.05, 0) is 32.8 Å². The molecule has 1 saturated carbocycles. The van der Waals surface area contributed by atoms with Crippen molar-refractivity contribution in [3.63, 3.8) is 0 Å². The van der Waals surface area contributed by atoms with E-state index in [2.05, 4.69) is 20.4 Å². The van der Waals surface area contributed by atoms with Gasteiger partial charge in [-0.2, -0.15) is 5.10 Å². The second-order valence-electron chi connectivity index (χ2n) is 5.23. The monoisotopic (exact) mass is 257 g/mol. The summed E-state index contributed by atoms with van der Waals surface area (Å²) in [5.41, 5.74) is 2.07. The predicted octanol–water partition coefficient (Wildman–Crippen LogP) is 2.63. The van der Waals surface area contributed by atoms with Crippen LogP contribution in [0.15, 0.2) is 18.5 Å². The van der Waals surface area contributed by atoms with E-state index in [1.54, 1.807) is 12.4 Å². The molecule has 2 heterocycles. The van der Waals surface area contributed by atoms with Crippen molar-refractivity contribution >= 4 is 5.82 Å². The summed E-state index contributed by atoms with van der Waals surface area (Å²) in [6.07, 6.45) is 8.61. The fourth-order valence-corrected chi connectivity index (χ4v) is 2.67. The van der Waals surface area contributed by atoms with E-state index in [4.69, 9.17) is 0 Å². The number of rotatable bonds is 3. The Morgan fingerprint density at radius 1 is 1.21 bits per heavy atom. The van der Waals surface area contributed by atoms with Crippen LogP contribution in [-0.2, 0) is 0 Å². The average Bonchev–Trinajstić information content (AvgIpc) is 2.99. The number of aromatic nitrogens is 4. The molecular formula is C14H19N5. The molecule has 0 aliphatic heterocycles. The number of hydrogen-bond acceptors (Lipinski definition) is 4. The van der Waals surface area contributed by atoms with Gasteiger partial charge in [-0.25, -0.2) is 9.67 Å². The van der Waals surface area contributed by atoms with Gasteiger partial charge in [0.2, 0.25) is 0 Å². The molecule has 2 aromatic heterocycles. The van der Waals surface area contributed by atoms with Gasteiger partial charge >= 0.3 is 0 Å². The van der Waals surface area contributed by atoms with Gasteiger partial charge in [0.1, 0.15) is 5.82 Å². The van der Waals surface area contributed by atoms with Gasteiger partial charge in [-0.1, -0.05) is 12.8 Å². The number of aryl methyl sites for hydroxylation is 2. The lowest BCUT2D eigenvalue weighted by Gasteiger charge is -2.13. The zero-order chi connectivity index (χ0) is 13.2. The van der Waals surface area contributed by atoms with E-state index < -0.39 is 0 Å². The van der Waals surface area contributed by atoms with Gasteiger partial charge in [0.05, 0.1) is 18.1 Å². The first kappa shape index (κ1) is 12.1. The second kappa shape index (κ2) is 4.99. The maximum Gasteiger partial charge on any atom is 0.174 e. The van der Waals surface area contributed by atoms with Gasteiger partial charge in [0.15, 0.2) is 5.82 Å². The van der Waals surface area contributed by atoms with Crippen LogP contribution in [-0.4, -0.2) is 25.8 Å². The van der Waals surface area contributed by atoms with Crippen molar-refractivity contribution < 1.29 is 0 Å². The third-order valence-corrected chi connectivity index (χ3v) is 3.56. The Balaban J connectivity index is 1.84. The number of nitrogens with zero attached hydrogens (tertiary/aromatic N) is 4. The number of nitrogens with one attached hydrogen (secondary N) is 1. The molecule has 0 unspecified atom stereocenters. The van der Waals surface area contributed by atoms with E-state index in [9.17, 15) is 0 Å². The van der Waals surface area contributed by atoms with Crippen molar-refractivity contribution in [2.24, 2.45) is 0 Å². The lowest BCUT2D eigenvalue weighted by molar-refractivity contribution is 0.743. The summed E-state index contributed by atoms with van der Waals surface area (Å²) in [5, 5.41) is 7.90. The van der Waals surface area contributed by atoms with E-state index >= 15 is 0 Å². The Morgan fingerprint density at radius 3 is 2.68 bits per heavy atom. The largest absolute Gasteiger partial charge is 0.366 e. The predicted molar refractivity (Wildman–Crippen MR) is 74.5 cm³/mol. The molecule has 0 spiro atoms. The van der Waals surface area contributed by atoms with Crippen LogP contribution in [0.5, 0.6) is 0 Å². The molecule has 0 saturated heterocycles. The normalized spacial score (nSPS) is 15.9. The Bertz CT molecular complexity index is 569. The maximum absolute atomic E-state index is 4.61. The van der Waals surface area contributed by atoms with Crippen LogP contribution >= 0.6 is 0 Å². The standard InChI is InChI=1S/C14H19N5/c1-10-7-11(2)19(18-10)14-9-15-8-13(17-14)16-12-5-3-4-6-12/h7-9,12H,3-6H2,1-2H3,(H,16,17). The van der Waals surface area contributed by atoms with E-state index in [1.165, 1.54) is 25.7 Å². The first-order chi connectivity index (χ1) is 9.22. The highest BCUT2D eigenvalue weighted by Gasteiger charge is 2.15. The van der Waals surface area contributed by atoms with Crippen LogP contribution in [0, 0.1) is 13.8 Å². The molecule has 1 N–H and O–H groups in total. The highest BCUT2D eigenvalue weighted by molar-refractivity contribution is 5.37. The highest BCUT2D eigenvalue weighted by Crippen LogP contribution is 2.21. The quantitative estimate of drug-likeness (QED) is 0.918. The van der Waals surface area contributed by atoms with Crippen molar-refractivity contribution in [3.8, 4) is 5.82 Å². The smallest absolute Gasteiger partial charge is 0.174 e. The zero-order valence-electron chi connectivity index (χ0n) is 11.4. The van der Waals surface area contributed by atoms with Gasteiger partial charge in [0, 0.05) is 11.7 Å². The Morgan fingerprint density at radius 2 is 2.00 bits per heavy atom. The molecule has 0 amide bonds. The van der Waals surface area contributed by atoms with Gasteiger partial charge in [-0.15, -0.1) is 0 Å². The molecule has 2 aromatic rings. The fourth-order valence-electron chi connectivity index (χ4n) is 2.67. The summed E-state index contributed by atoms with van der Waals surface area (Å²) in [4.78, 5) is 8.88. The first-order valence-corrected chi connectivity index (χ1v) is 6.84. The third-order valence-electron chi connectivity index (χ3n) is 3.56. The van der Waals surface area contributed by atoms with Crippen LogP contribution in [0.2, 0.25) is 0 Å². The van der Waals surface area contributed by atoms with Crippen LogP contribution in [0.1, 0.15) is 37.1 Å². The summed E-state index contributed by atoms with van der Waals surface area (Å²) in [5.74, 6) is 1.62. The van der Waals surface area contributed by atoms with Crippen LogP contribution < -0.4 is 5.32 Å². The van der Waals surface area contributed by atoms with E-state index in [0.29, 0.717) is 6.04 Å². The molecule has 5 heteroatoms. The fraction of sp³-hybridized carbons (Fsp3) is 0.500. The lowest BCUT2D eigenvalue weighted by atomic mass is 10.2. The minimum atomic E-state index is 0.546. The minimum Gasteiger partial charge on any atom is -0.366 e. The lowest BCUT2D eigenvalue weighted by Crippen LogP contribution is -2.16. The van der Waals surface area contributed by atoms with Crippen molar-refractivity contribution in [1.82, 2.24) is 19.7 Å². The number of anilines is 1. The minimum absolute atomic E-state index is 0.546. The molecule has 0 atom stereocenters. The van der Waals surface area contributed by atoms with Crippen molar-refractivity contribution in [3.05, 3.63) is 29.8 Å². The molecule has 0 radical (unpaired) electrons. The highest BCUT2D eigenvalue weighted by atomic mass is 15.3. The summed E-state index contributed by atoms with van der Waals surface area (Å²) in [6.45, 7) is 4.01. The van der Waals surface area contributed by atoms with Crippen LogP contribution in [0.4, 0.5) is 5.82 Å². The average molecular weight is 257 g/mol. The van der Waals surface area contributed by atoms with Crippen molar-refractivity contribution in [2.45, 2.75) is 45.6 Å². The summed E-state index contributed by atoms with van der Waals surface area (Å²) in [7, 11) is 0. The summed E-state index contributed by atoms with van der Waals surface area (Å²) >= 11 is 0. The maximum atomic E-state index is 4.61. The second-order valence-corrected chi connectivity index (χ2v) is 5.23. The molecule has 5 nitrogen and oxygen atoms in total. The van der Waals surface area contributed by atoms with Crippen molar-refractivity contribution in [2.75, 3.05) is 5.32 Å². The summed E-state index contributed by atoms with van der Waals surface area (Å²) < 4.78 is 1.84. The Labute approximate surface area is 113 Å². The molecule has 1 aliphatic rings. The third kappa shape index (κ3) is 2.59. The topological polar surface area (TPSA) is 55.6 Å². The Hall–Kier alpha value is -1.91. The van der Waals surface area contributed by atoms with Crippen LogP contribution in [0.25, 0.3) is 5.82 Å². The van der Waals surface area contributed by atoms with E-state index in [-0.39, 0.29) is 0 Å². The molecule has 0 bridgehead atoms. The van der Waals surface area contributed by atoms with Crippen LogP contribution in [0.3, 0.4) is 0 Å². The van der Waals surface area contributed by atoms with Gasteiger partial charge in [-0.3, -0.25) is 4.98 Å². The molecule has 100 valence electrons.